The van der Waals surface area contributed by atoms with E-state index in [0.29, 0.717) is 17.0 Å². The molecule has 0 amide bonds. The Morgan fingerprint density at radius 3 is 1.88 bits per heavy atom. The largest absolute Gasteiger partial charge is 0.507 e. The Hall–Kier alpha value is -5.22. The Morgan fingerprint density at radius 2 is 1.20 bits per heavy atom. The Bertz CT molecular complexity index is 2380. The summed E-state index contributed by atoms with van der Waals surface area (Å²) in [5.74, 6) is 0.545. The molecule has 2 aromatic heterocycles. The average Bonchev–Trinajstić information content (AvgIpc) is 3.47. The third-order valence-electron chi connectivity index (χ3n) is 9.56. The number of benzene rings is 5. The van der Waals surface area contributed by atoms with Crippen LogP contribution in [-0.4, -0.2) is 15.1 Å². The number of fused-ring (bicyclic) bond motifs is 2. The maximum atomic E-state index is 11.0. The van der Waals surface area contributed by atoms with Crippen molar-refractivity contribution in [3.63, 3.8) is 0 Å². The second kappa shape index (κ2) is 11.7. The Labute approximate surface area is 289 Å². The van der Waals surface area contributed by atoms with Gasteiger partial charge in [0.1, 0.15) is 11.3 Å². The van der Waals surface area contributed by atoms with Crippen molar-refractivity contribution in [3.8, 4) is 50.6 Å². The molecule has 49 heavy (non-hydrogen) atoms. The Balaban J connectivity index is 1.48. The van der Waals surface area contributed by atoms with Gasteiger partial charge in [0.05, 0.1) is 11.1 Å². The molecule has 0 saturated carbocycles. The molecular formula is C45H44N2O2. The standard InChI is InChI=1S/C45H44N2O2/c1-26-17-27(2)19-31(18-26)32-21-36(42-40(22-32)49-43(47-42)38-23-33(44(4,5)6)13-14-39(38)48)29-11-10-12-30(20-29)37-25-34(45(7,8)9)24-35-28(3)15-16-46-41(35)37/h10-25,48H,1-9H3. The van der Waals surface area contributed by atoms with E-state index in [9.17, 15) is 5.11 Å². The summed E-state index contributed by atoms with van der Waals surface area (Å²) >= 11 is 0. The van der Waals surface area contributed by atoms with E-state index in [1.165, 1.54) is 27.6 Å². The highest BCUT2D eigenvalue weighted by Crippen LogP contribution is 2.42. The van der Waals surface area contributed by atoms with Crippen LogP contribution in [0.1, 0.15) is 69.4 Å². The fraction of sp³-hybridized carbons (Fsp3) is 0.244. The summed E-state index contributed by atoms with van der Waals surface area (Å²) in [5.41, 5.74) is 15.2. The predicted octanol–water partition coefficient (Wildman–Crippen LogP) is 12.3. The normalized spacial score (nSPS) is 12.3. The topological polar surface area (TPSA) is 59.2 Å². The first kappa shape index (κ1) is 32.3. The minimum absolute atomic E-state index is 0.0256. The maximum absolute atomic E-state index is 11.0. The smallest absolute Gasteiger partial charge is 0.231 e. The molecule has 0 aliphatic heterocycles. The molecule has 7 aromatic rings. The van der Waals surface area contributed by atoms with Gasteiger partial charge in [-0.05, 0) is 119 Å². The molecule has 5 aromatic carbocycles. The molecule has 4 heteroatoms. The number of hydrogen-bond acceptors (Lipinski definition) is 4. The quantitative estimate of drug-likeness (QED) is 0.207. The van der Waals surface area contributed by atoms with Gasteiger partial charge in [0.2, 0.25) is 5.89 Å². The average molecular weight is 645 g/mol. The van der Waals surface area contributed by atoms with E-state index in [2.05, 4.69) is 135 Å². The fourth-order valence-electron chi connectivity index (χ4n) is 6.74. The van der Waals surface area contributed by atoms with E-state index in [-0.39, 0.29) is 16.6 Å². The van der Waals surface area contributed by atoms with Crippen molar-refractivity contribution in [2.45, 2.75) is 73.1 Å². The Kier molecular flexibility index (Phi) is 7.74. The first-order chi connectivity index (χ1) is 23.2. The number of hydrogen-bond donors (Lipinski definition) is 1. The summed E-state index contributed by atoms with van der Waals surface area (Å²) in [6.07, 6.45) is 1.90. The molecule has 0 saturated heterocycles. The lowest BCUT2D eigenvalue weighted by Gasteiger charge is -2.22. The van der Waals surface area contributed by atoms with Crippen LogP contribution < -0.4 is 0 Å². The SMILES string of the molecule is Cc1cc(C)cc(-c2cc(-c3cccc(-c4cc(C(C)(C)C)cc5c(C)ccnc45)c3)c3nc(-c4cc(C(C)(C)C)ccc4O)oc3c2)c1. The lowest BCUT2D eigenvalue weighted by Crippen LogP contribution is -2.11. The molecule has 0 aliphatic carbocycles. The van der Waals surface area contributed by atoms with Crippen molar-refractivity contribution >= 4 is 22.0 Å². The molecule has 0 unspecified atom stereocenters. The van der Waals surface area contributed by atoms with Crippen LogP contribution >= 0.6 is 0 Å². The molecule has 0 radical (unpaired) electrons. The minimum atomic E-state index is -0.0991. The van der Waals surface area contributed by atoms with Crippen LogP contribution in [0.2, 0.25) is 0 Å². The van der Waals surface area contributed by atoms with Crippen molar-refractivity contribution in [2.75, 3.05) is 0 Å². The Morgan fingerprint density at radius 1 is 0.571 bits per heavy atom. The maximum Gasteiger partial charge on any atom is 0.231 e. The van der Waals surface area contributed by atoms with Gasteiger partial charge in [-0.2, -0.15) is 0 Å². The van der Waals surface area contributed by atoms with Crippen LogP contribution in [0.25, 0.3) is 66.8 Å². The highest BCUT2D eigenvalue weighted by molar-refractivity contribution is 6.00. The van der Waals surface area contributed by atoms with E-state index in [4.69, 9.17) is 14.4 Å². The van der Waals surface area contributed by atoms with E-state index < -0.39 is 0 Å². The van der Waals surface area contributed by atoms with Crippen molar-refractivity contribution in [3.05, 3.63) is 125 Å². The van der Waals surface area contributed by atoms with Crippen LogP contribution in [0.15, 0.2) is 102 Å². The van der Waals surface area contributed by atoms with Crippen LogP contribution in [0.3, 0.4) is 0 Å². The zero-order valence-electron chi connectivity index (χ0n) is 30.0. The van der Waals surface area contributed by atoms with Crippen LogP contribution in [0.5, 0.6) is 5.75 Å². The summed E-state index contributed by atoms with van der Waals surface area (Å²) in [6.45, 7) is 19.7. The minimum Gasteiger partial charge on any atom is -0.507 e. The molecule has 0 bridgehead atoms. The fourth-order valence-corrected chi connectivity index (χ4v) is 6.74. The lowest BCUT2D eigenvalue weighted by molar-refractivity contribution is 0.473. The van der Waals surface area contributed by atoms with Gasteiger partial charge in [-0.25, -0.2) is 4.98 Å². The molecule has 4 nitrogen and oxygen atoms in total. The third kappa shape index (κ3) is 6.12. The van der Waals surface area contributed by atoms with Gasteiger partial charge in [0.15, 0.2) is 5.58 Å². The monoisotopic (exact) mass is 644 g/mol. The summed E-state index contributed by atoms with van der Waals surface area (Å²) < 4.78 is 6.55. The van der Waals surface area contributed by atoms with E-state index >= 15 is 0 Å². The molecule has 0 atom stereocenters. The number of phenolic OH excluding ortho intramolecular Hbond substituents is 1. The number of aromatic hydroxyl groups is 1. The van der Waals surface area contributed by atoms with Crippen molar-refractivity contribution in [1.82, 2.24) is 9.97 Å². The summed E-state index contributed by atoms with van der Waals surface area (Å²) in [5, 5.41) is 12.2. The van der Waals surface area contributed by atoms with Crippen LogP contribution in [0, 0.1) is 20.8 Å². The second-order valence-corrected chi connectivity index (χ2v) is 15.6. The number of rotatable bonds is 4. The zero-order chi connectivity index (χ0) is 34.8. The van der Waals surface area contributed by atoms with Crippen LogP contribution in [0.4, 0.5) is 0 Å². The molecule has 0 spiro atoms. The van der Waals surface area contributed by atoms with Gasteiger partial charge in [-0.3, -0.25) is 4.98 Å². The first-order valence-corrected chi connectivity index (χ1v) is 17.0. The number of pyridine rings is 1. The van der Waals surface area contributed by atoms with E-state index in [1.807, 2.05) is 18.3 Å². The molecule has 0 fully saturated rings. The predicted molar refractivity (Wildman–Crippen MR) is 204 cm³/mol. The van der Waals surface area contributed by atoms with E-state index in [0.717, 1.165) is 50.0 Å². The van der Waals surface area contributed by atoms with Gasteiger partial charge in [0.25, 0.3) is 0 Å². The summed E-state index contributed by atoms with van der Waals surface area (Å²) in [7, 11) is 0. The molecular weight excluding hydrogens is 601 g/mol. The summed E-state index contributed by atoms with van der Waals surface area (Å²) in [4.78, 5) is 9.97. The lowest BCUT2D eigenvalue weighted by atomic mass is 9.83. The number of phenols is 1. The van der Waals surface area contributed by atoms with E-state index in [1.54, 1.807) is 6.07 Å². The van der Waals surface area contributed by atoms with Gasteiger partial charge < -0.3 is 9.52 Å². The van der Waals surface area contributed by atoms with Crippen LogP contribution in [-0.2, 0) is 10.8 Å². The van der Waals surface area contributed by atoms with Crippen molar-refractivity contribution in [1.29, 1.82) is 0 Å². The number of aromatic nitrogens is 2. The van der Waals surface area contributed by atoms with Gasteiger partial charge >= 0.3 is 0 Å². The third-order valence-corrected chi connectivity index (χ3v) is 9.56. The molecule has 1 N–H and O–H groups in total. The van der Waals surface area contributed by atoms with Gasteiger partial charge in [-0.1, -0.05) is 95.1 Å². The van der Waals surface area contributed by atoms with Crippen molar-refractivity contribution < 1.29 is 9.52 Å². The number of oxazole rings is 1. The molecule has 246 valence electrons. The molecule has 0 aliphatic rings. The first-order valence-electron chi connectivity index (χ1n) is 17.0. The zero-order valence-corrected chi connectivity index (χ0v) is 30.0. The highest BCUT2D eigenvalue weighted by Gasteiger charge is 2.22. The van der Waals surface area contributed by atoms with Crippen molar-refractivity contribution in [2.24, 2.45) is 0 Å². The molecule has 7 rings (SSSR count). The molecule has 2 heterocycles. The van der Waals surface area contributed by atoms with Gasteiger partial charge in [0, 0.05) is 22.7 Å². The highest BCUT2D eigenvalue weighted by atomic mass is 16.3. The summed E-state index contributed by atoms with van der Waals surface area (Å²) in [6, 6.07) is 32.0. The number of nitrogens with zero attached hydrogens (tertiary/aromatic N) is 2. The number of aryl methyl sites for hydroxylation is 3. The van der Waals surface area contributed by atoms with Gasteiger partial charge in [-0.15, -0.1) is 0 Å². The second-order valence-electron chi connectivity index (χ2n) is 15.6.